The summed E-state index contributed by atoms with van der Waals surface area (Å²) < 4.78 is 2.77. The maximum Gasteiger partial charge on any atom is 0.0931 e. The van der Waals surface area contributed by atoms with Crippen molar-refractivity contribution in [2.45, 2.75) is 26.9 Å². The zero-order chi connectivity index (χ0) is 12.4. The summed E-state index contributed by atoms with van der Waals surface area (Å²) in [5.41, 5.74) is 3.61. The van der Waals surface area contributed by atoms with E-state index in [1.165, 1.54) is 16.1 Å². The van der Waals surface area contributed by atoms with Crippen molar-refractivity contribution < 1.29 is 0 Å². The fourth-order valence-electron chi connectivity index (χ4n) is 1.83. The Morgan fingerprint density at radius 1 is 1.35 bits per heavy atom. The molecule has 0 unspecified atom stereocenters. The molecule has 0 aliphatic rings. The van der Waals surface area contributed by atoms with Crippen LogP contribution in [0.4, 0.5) is 0 Å². The van der Waals surface area contributed by atoms with Gasteiger partial charge in [0, 0.05) is 36.3 Å². The zero-order valence-electron chi connectivity index (χ0n) is 10.2. The fourth-order valence-corrected chi connectivity index (χ4v) is 2.89. The predicted octanol–water partition coefficient (Wildman–Crippen LogP) is 3.04. The molecule has 5 heteroatoms. The molecule has 0 spiro atoms. The standard InChI is InChI=1S/C12H16ClN3S/c1-8-11(9(2)16(3)15-8)7-14-6-10-4-5-12(13)17-10/h4-5,14H,6-7H2,1-3H3. The average Bonchev–Trinajstić information content (AvgIpc) is 2.78. The highest BCUT2D eigenvalue weighted by atomic mass is 35.5. The molecule has 0 aliphatic carbocycles. The van der Waals surface area contributed by atoms with Gasteiger partial charge >= 0.3 is 0 Å². The smallest absolute Gasteiger partial charge is 0.0931 e. The number of aryl methyl sites for hydroxylation is 2. The van der Waals surface area contributed by atoms with Gasteiger partial charge in [0.05, 0.1) is 10.0 Å². The SMILES string of the molecule is Cc1nn(C)c(C)c1CNCc1ccc(Cl)s1. The van der Waals surface area contributed by atoms with E-state index < -0.39 is 0 Å². The van der Waals surface area contributed by atoms with Crippen LogP contribution in [-0.2, 0) is 20.1 Å². The summed E-state index contributed by atoms with van der Waals surface area (Å²) in [6.45, 7) is 5.84. The van der Waals surface area contributed by atoms with E-state index in [-0.39, 0.29) is 0 Å². The minimum atomic E-state index is 0.843. The van der Waals surface area contributed by atoms with Crippen molar-refractivity contribution >= 4 is 22.9 Å². The molecule has 0 saturated carbocycles. The molecule has 3 nitrogen and oxygen atoms in total. The van der Waals surface area contributed by atoms with Gasteiger partial charge in [0.2, 0.25) is 0 Å². The van der Waals surface area contributed by atoms with E-state index in [9.17, 15) is 0 Å². The Labute approximate surface area is 110 Å². The molecule has 1 N–H and O–H groups in total. The van der Waals surface area contributed by atoms with Gasteiger partial charge in [-0.2, -0.15) is 5.10 Å². The number of nitrogens with one attached hydrogen (secondary N) is 1. The third-order valence-corrected chi connectivity index (χ3v) is 4.12. The molecule has 2 aromatic rings. The quantitative estimate of drug-likeness (QED) is 0.925. The van der Waals surface area contributed by atoms with Crippen molar-refractivity contribution in [3.8, 4) is 0 Å². The van der Waals surface area contributed by atoms with Gasteiger partial charge in [0.1, 0.15) is 0 Å². The second-order valence-electron chi connectivity index (χ2n) is 4.08. The maximum atomic E-state index is 5.89. The second kappa shape index (κ2) is 5.21. The molecular weight excluding hydrogens is 254 g/mol. The molecule has 0 radical (unpaired) electrons. The van der Waals surface area contributed by atoms with Gasteiger partial charge in [-0.15, -0.1) is 11.3 Å². The van der Waals surface area contributed by atoms with Crippen LogP contribution in [0.25, 0.3) is 0 Å². The largest absolute Gasteiger partial charge is 0.308 e. The van der Waals surface area contributed by atoms with Crippen LogP contribution in [0.3, 0.4) is 0 Å². The van der Waals surface area contributed by atoms with Crippen LogP contribution in [0.2, 0.25) is 4.34 Å². The van der Waals surface area contributed by atoms with Crippen molar-refractivity contribution in [2.75, 3.05) is 0 Å². The van der Waals surface area contributed by atoms with Crippen molar-refractivity contribution in [3.05, 3.63) is 38.3 Å². The first kappa shape index (κ1) is 12.6. The van der Waals surface area contributed by atoms with E-state index in [0.29, 0.717) is 0 Å². The summed E-state index contributed by atoms with van der Waals surface area (Å²) in [4.78, 5) is 1.26. The summed E-state index contributed by atoms with van der Waals surface area (Å²) in [6.07, 6.45) is 0. The van der Waals surface area contributed by atoms with Crippen molar-refractivity contribution in [2.24, 2.45) is 7.05 Å². The van der Waals surface area contributed by atoms with Crippen LogP contribution in [0, 0.1) is 13.8 Å². The van der Waals surface area contributed by atoms with Gasteiger partial charge in [-0.25, -0.2) is 0 Å². The Hall–Kier alpha value is -0.840. The Bertz CT molecular complexity index is 516. The van der Waals surface area contributed by atoms with Gasteiger partial charge in [-0.1, -0.05) is 11.6 Å². The Morgan fingerprint density at radius 3 is 2.65 bits per heavy atom. The van der Waals surface area contributed by atoms with E-state index in [0.717, 1.165) is 23.1 Å². The molecule has 0 amide bonds. The lowest BCUT2D eigenvalue weighted by atomic mass is 10.2. The molecule has 2 aromatic heterocycles. The van der Waals surface area contributed by atoms with Crippen LogP contribution in [0.5, 0.6) is 0 Å². The number of hydrogen-bond donors (Lipinski definition) is 1. The molecule has 0 saturated heterocycles. The molecule has 2 heterocycles. The van der Waals surface area contributed by atoms with E-state index in [2.05, 4.69) is 23.4 Å². The fraction of sp³-hybridized carbons (Fsp3) is 0.417. The van der Waals surface area contributed by atoms with Crippen molar-refractivity contribution in [1.29, 1.82) is 0 Å². The number of aromatic nitrogens is 2. The molecule has 17 heavy (non-hydrogen) atoms. The van der Waals surface area contributed by atoms with Crippen LogP contribution in [-0.4, -0.2) is 9.78 Å². The highest BCUT2D eigenvalue weighted by Crippen LogP contribution is 2.21. The molecule has 2 rings (SSSR count). The molecule has 0 atom stereocenters. The third-order valence-electron chi connectivity index (χ3n) is 2.89. The normalized spacial score (nSPS) is 11.1. The van der Waals surface area contributed by atoms with Crippen LogP contribution >= 0.6 is 22.9 Å². The lowest BCUT2D eigenvalue weighted by Crippen LogP contribution is -2.13. The van der Waals surface area contributed by atoms with Gasteiger partial charge in [-0.05, 0) is 26.0 Å². The predicted molar refractivity (Wildman–Crippen MR) is 72.6 cm³/mol. The number of hydrogen-bond acceptors (Lipinski definition) is 3. The van der Waals surface area contributed by atoms with Gasteiger partial charge in [0.15, 0.2) is 0 Å². The van der Waals surface area contributed by atoms with Gasteiger partial charge < -0.3 is 5.32 Å². The maximum absolute atomic E-state index is 5.89. The van der Waals surface area contributed by atoms with E-state index in [1.54, 1.807) is 11.3 Å². The number of thiophene rings is 1. The first-order valence-corrected chi connectivity index (χ1v) is 6.71. The first-order chi connectivity index (χ1) is 8.08. The second-order valence-corrected chi connectivity index (χ2v) is 5.88. The first-order valence-electron chi connectivity index (χ1n) is 5.52. The van der Waals surface area contributed by atoms with Crippen molar-refractivity contribution in [1.82, 2.24) is 15.1 Å². The highest BCUT2D eigenvalue weighted by molar-refractivity contribution is 7.16. The Morgan fingerprint density at radius 2 is 2.12 bits per heavy atom. The van der Waals surface area contributed by atoms with E-state index in [1.807, 2.05) is 24.7 Å². The summed E-state index contributed by atoms with van der Waals surface area (Å²) in [5.74, 6) is 0. The summed E-state index contributed by atoms with van der Waals surface area (Å²) in [6, 6.07) is 3.99. The summed E-state index contributed by atoms with van der Waals surface area (Å²) >= 11 is 7.51. The molecular formula is C12H16ClN3S. The van der Waals surface area contributed by atoms with Crippen LogP contribution in [0.1, 0.15) is 21.8 Å². The van der Waals surface area contributed by atoms with E-state index >= 15 is 0 Å². The number of rotatable bonds is 4. The number of nitrogens with zero attached hydrogens (tertiary/aromatic N) is 2. The zero-order valence-corrected chi connectivity index (χ0v) is 11.8. The highest BCUT2D eigenvalue weighted by Gasteiger charge is 2.08. The van der Waals surface area contributed by atoms with E-state index in [4.69, 9.17) is 11.6 Å². The van der Waals surface area contributed by atoms with Crippen molar-refractivity contribution in [3.63, 3.8) is 0 Å². The Balaban J connectivity index is 1.94. The molecule has 0 aromatic carbocycles. The molecule has 0 aliphatic heterocycles. The van der Waals surface area contributed by atoms with Gasteiger partial charge in [-0.3, -0.25) is 4.68 Å². The minimum absolute atomic E-state index is 0.843. The molecule has 0 bridgehead atoms. The van der Waals surface area contributed by atoms with Gasteiger partial charge in [0.25, 0.3) is 0 Å². The monoisotopic (exact) mass is 269 g/mol. The average molecular weight is 270 g/mol. The van der Waals surface area contributed by atoms with Crippen LogP contribution in [0.15, 0.2) is 12.1 Å². The summed E-state index contributed by atoms with van der Waals surface area (Å²) in [7, 11) is 1.98. The topological polar surface area (TPSA) is 29.9 Å². The number of halogens is 1. The lowest BCUT2D eigenvalue weighted by molar-refractivity contribution is 0.690. The summed E-state index contributed by atoms with van der Waals surface area (Å²) in [5, 5.41) is 7.82. The third kappa shape index (κ3) is 2.89. The Kier molecular flexibility index (Phi) is 3.86. The minimum Gasteiger partial charge on any atom is -0.308 e. The lowest BCUT2D eigenvalue weighted by Gasteiger charge is -2.03. The van der Waals surface area contributed by atoms with Crippen LogP contribution < -0.4 is 5.32 Å². The molecule has 0 fully saturated rings. The molecule has 92 valence electrons.